The zero-order valence-electron chi connectivity index (χ0n) is 12.4. The Labute approximate surface area is 115 Å². The zero-order valence-corrected chi connectivity index (χ0v) is 12.4. The van der Waals surface area contributed by atoms with E-state index in [-0.39, 0.29) is 0 Å². The summed E-state index contributed by atoms with van der Waals surface area (Å²) in [6, 6.07) is 6.78. The highest BCUT2D eigenvalue weighted by molar-refractivity contribution is 5.38. The van der Waals surface area contributed by atoms with Gasteiger partial charge in [-0.2, -0.15) is 0 Å². The molecular weight excluding hydrogens is 236 g/mol. The van der Waals surface area contributed by atoms with E-state index >= 15 is 0 Å². The molecule has 0 bridgehead atoms. The van der Waals surface area contributed by atoms with Gasteiger partial charge in [-0.05, 0) is 56.9 Å². The van der Waals surface area contributed by atoms with E-state index in [0.717, 1.165) is 11.5 Å². The quantitative estimate of drug-likeness (QED) is 0.907. The highest BCUT2D eigenvalue weighted by atomic mass is 16.5. The minimum absolute atomic E-state index is 0.296. The summed E-state index contributed by atoms with van der Waals surface area (Å²) >= 11 is 0. The van der Waals surface area contributed by atoms with Crippen LogP contribution in [0.15, 0.2) is 22.7 Å². The zero-order chi connectivity index (χ0) is 14.0. The van der Waals surface area contributed by atoms with Crippen molar-refractivity contribution >= 4 is 0 Å². The molecule has 3 heteroatoms. The van der Waals surface area contributed by atoms with E-state index in [1.165, 1.54) is 22.3 Å². The normalized spacial score (nSPS) is 12.7. The first-order chi connectivity index (χ1) is 8.97. The lowest BCUT2D eigenvalue weighted by atomic mass is 9.96. The fourth-order valence-electron chi connectivity index (χ4n) is 2.31. The highest BCUT2D eigenvalue weighted by Crippen LogP contribution is 2.22. The Hall–Kier alpha value is -1.61. The predicted octanol–water partition coefficient (Wildman–Crippen LogP) is 3.76. The van der Waals surface area contributed by atoms with Crippen LogP contribution in [0.1, 0.15) is 46.7 Å². The smallest absolute Gasteiger partial charge is 0.150 e. The van der Waals surface area contributed by atoms with E-state index in [1.807, 2.05) is 13.0 Å². The summed E-state index contributed by atoms with van der Waals surface area (Å²) in [4.78, 5) is 0. The standard InChI is InChI=1S/C16H22N2O/c1-10-6-12(3)16(7-11(10)2)14(5)17-9-15-8-13(4)18-19-15/h6-8,14,17H,9H2,1-5H3. The Balaban J connectivity index is 2.07. The van der Waals surface area contributed by atoms with Crippen molar-refractivity contribution in [2.75, 3.05) is 0 Å². The van der Waals surface area contributed by atoms with Gasteiger partial charge >= 0.3 is 0 Å². The van der Waals surface area contributed by atoms with Gasteiger partial charge in [0, 0.05) is 12.1 Å². The lowest BCUT2D eigenvalue weighted by Gasteiger charge is -2.17. The molecule has 1 aromatic heterocycles. The van der Waals surface area contributed by atoms with Gasteiger partial charge in [0.2, 0.25) is 0 Å². The maximum absolute atomic E-state index is 5.21. The summed E-state index contributed by atoms with van der Waals surface area (Å²) in [5, 5.41) is 7.38. The first-order valence-electron chi connectivity index (χ1n) is 6.70. The summed E-state index contributed by atoms with van der Waals surface area (Å²) in [7, 11) is 0. The van der Waals surface area contributed by atoms with Gasteiger partial charge in [-0.1, -0.05) is 17.3 Å². The summed E-state index contributed by atoms with van der Waals surface area (Å²) < 4.78 is 5.21. The van der Waals surface area contributed by atoms with Crippen molar-refractivity contribution in [3.63, 3.8) is 0 Å². The fraction of sp³-hybridized carbons (Fsp3) is 0.438. The molecular formula is C16H22N2O. The number of aromatic nitrogens is 1. The van der Waals surface area contributed by atoms with E-state index in [1.54, 1.807) is 0 Å². The molecule has 102 valence electrons. The maximum atomic E-state index is 5.21. The Morgan fingerprint density at radius 3 is 2.37 bits per heavy atom. The van der Waals surface area contributed by atoms with Gasteiger partial charge in [0.25, 0.3) is 0 Å². The van der Waals surface area contributed by atoms with Gasteiger partial charge in [0.1, 0.15) is 0 Å². The molecule has 0 fully saturated rings. The van der Waals surface area contributed by atoms with Gasteiger partial charge in [-0.15, -0.1) is 0 Å². The first kappa shape index (κ1) is 13.8. The summed E-state index contributed by atoms with van der Waals surface area (Å²) in [6.07, 6.45) is 0. The van der Waals surface area contributed by atoms with Crippen LogP contribution in [-0.4, -0.2) is 5.16 Å². The average Bonchev–Trinajstić information content (AvgIpc) is 2.77. The molecule has 2 aromatic rings. The Morgan fingerprint density at radius 2 is 1.74 bits per heavy atom. The SMILES string of the molecule is Cc1cc(CNC(C)c2cc(C)c(C)cc2C)on1. The molecule has 1 unspecified atom stereocenters. The number of hydrogen-bond donors (Lipinski definition) is 1. The van der Waals surface area contributed by atoms with Crippen LogP contribution in [0.25, 0.3) is 0 Å². The minimum Gasteiger partial charge on any atom is -0.360 e. The molecule has 0 saturated carbocycles. The number of benzene rings is 1. The lowest BCUT2D eigenvalue weighted by Crippen LogP contribution is -2.19. The van der Waals surface area contributed by atoms with E-state index in [2.05, 4.69) is 50.3 Å². The van der Waals surface area contributed by atoms with Crippen molar-refractivity contribution in [1.29, 1.82) is 0 Å². The molecule has 3 nitrogen and oxygen atoms in total. The predicted molar refractivity (Wildman–Crippen MR) is 77.1 cm³/mol. The molecule has 0 spiro atoms. The lowest BCUT2D eigenvalue weighted by molar-refractivity contribution is 0.363. The number of nitrogens with zero attached hydrogens (tertiary/aromatic N) is 1. The highest BCUT2D eigenvalue weighted by Gasteiger charge is 2.10. The Bertz CT molecular complexity index is 572. The first-order valence-corrected chi connectivity index (χ1v) is 6.70. The number of rotatable bonds is 4. The third-order valence-electron chi connectivity index (χ3n) is 3.61. The van der Waals surface area contributed by atoms with Crippen LogP contribution >= 0.6 is 0 Å². The van der Waals surface area contributed by atoms with E-state index in [9.17, 15) is 0 Å². The van der Waals surface area contributed by atoms with E-state index in [4.69, 9.17) is 4.52 Å². The van der Waals surface area contributed by atoms with Crippen molar-refractivity contribution in [3.05, 3.63) is 51.9 Å². The number of nitrogens with one attached hydrogen (secondary N) is 1. The van der Waals surface area contributed by atoms with Crippen LogP contribution in [0.3, 0.4) is 0 Å². The Kier molecular flexibility index (Phi) is 4.05. The van der Waals surface area contributed by atoms with Crippen LogP contribution in [-0.2, 0) is 6.54 Å². The van der Waals surface area contributed by atoms with Gasteiger partial charge in [-0.3, -0.25) is 0 Å². The van der Waals surface area contributed by atoms with Crippen molar-refractivity contribution in [1.82, 2.24) is 10.5 Å². The second-order valence-electron chi connectivity index (χ2n) is 5.33. The van der Waals surface area contributed by atoms with Crippen molar-refractivity contribution in [2.24, 2.45) is 0 Å². The topological polar surface area (TPSA) is 38.1 Å². The number of hydrogen-bond acceptors (Lipinski definition) is 3. The van der Waals surface area contributed by atoms with E-state index in [0.29, 0.717) is 12.6 Å². The molecule has 19 heavy (non-hydrogen) atoms. The van der Waals surface area contributed by atoms with Gasteiger partial charge < -0.3 is 9.84 Å². The van der Waals surface area contributed by atoms with Gasteiger partial charge in [0.05, 0.1) is 12.2 Å². The molecule has 1 N–H and O–H groups in total. The van der Waals surface area contributed by atoms with Crippen molar-refractivity contribution in [2.45, 2.75) is 47.2 Å². The molecule has 0 aliphatic heterocycles. The van der Waals surface area contributed by atoms with Gasteiger partial charge in [-0.25, -0.2) is 0 Å². The van der Waals surface area contributed by atoms with Crippen LogP contribution in [0.4, 0.5) is 0 Å². The number of aryl methyl sites for hydroxylation is 4. The second-order valence-corrected chi connectivity index (χ2v) is 5.33. The fourth-order valence-corrected chi connectivity index (χ4v) is 2.31. The molecule has 1 heterocycles. The van der Waals surface area contributed by atoms with Crippen LogP contribution in [0, 0.1) is 27.7 Å². The molecule has 0 aliphatic rings. The molecule has 1 atom stereocenters. The molecule has 2 rings (SSSR count). The maximum Gasteiger partial charge on any atom is 0.150 e. The monoisotopic (exact) mass is 258 g/mol. The summed E-state index contributed by atoms with van der Waals surface area (Å²) in [5.74, 6) is 0.880. The summed E-state index contributed by atoms with van der Waals surface area (Å²) in [6.45, 7) is 11.3. The largest absolute Gasteiger partial charge is 0.360 e. The molecule has 0 aliphatic carbocycles. The average molecular weight is 258 g/mol. The third kappa shape index (κ3) is 3.24. The summed E-state index contributed by atoms with van der Waals surface area (Å²) in [5.41, 5.74) is 6.28. The molecule has 0 saturated heterocycles. The van der Waals surface area contributed by atoms with Crippen LogP contribution in [0.5, 0.6) is 0 Å². The van der Waals surface area contributed by atoms with Crippen LogP contribution < -0.4 is 5.32 Å². The van der Waals surface area contributed by atoms with Crippen LogP contribution in [0.2, 0.25) is 0 Å². The molecule has 0 amide bonds. The second kappa shape index (κ2) is 5.57. The Morgan fingerprint density at radius 1 is 1.05 bits per heavy atom. The van der Waals surface area contributed by atoms with Crippen molar-refractivity contribution in [3.8, 4) is 0 Å². The third-order valence-corrected chi connectivity index (χ3v) is 3.61. The van der Waals surface area contributed by atoms with Crippen molar-refractivity contribution < 1.29 is 4.52 Å². The van der Waals surface area contributed by atoms with E-state index < -0.39 is 0 Å². The molecule has 0 radical (unpaired) electrons. The minimum atomic E-state index is 0.296. The molecule has 1 aromatic carbocycles. The van der Waals surface area contributed by atoms with Gasteiger partial charge in [0.15, 0.2) is 5.76 Å².